The lowest BCUT2D eigenvalue weighted by Crippen LogP contribution is -2.40. The summed E-state index contributed by atoms with van der Waals surface area (Å²) in [5.74, 6) is -0.157. The number of aryl methyl sites for hydroxylation is 2. The zero-order valence-electron chi connectivity index (χ0n) is 18.3. The number of likely N-dealkylation sites (N-methyl/N-ethyl adjacent to an activating group) is 1. The molecular formula is C25H30N4O2. The zero-order chi connectivity index (χ0) is 21.5. The predicted molar refractivity (Wildman–Crippen MR) is 122 cm³/mol. The molecule has 6 heteroatoms. The first-order chi connectivity index (χ1) is 15.1. The molecule has 0 radical (unpaired) electrons. The number of nitrogens with one attached hydrogen (secondary N) is 1. The molecule has 1 unspecified atom stereocenters. The van der Waals surface area contributed by atoms with Crippen LogP contribution in [0.25, 0.3) is 11.0 Å². The van der Waals surface area contributed by atoms with Crippen LogP contribution in [0.3, 0.4) is 0 Å². The lowest BCUT2D eigenvalue weighted by Gasteiger charge is -2.37. The van der Waals surface area contributed by atoms with Crippen LogP contribution < -0.4 is 11.0 Å². The van der Waals surface area contributed by atoms with Crippen molar-refractivity contribution in [3.63, 3.8) is 0 Å². The average molecular weight is 419 g/mol. The maximum absolute atomic E-state index is 13.3. The summed E-state index contributed by atoms with van der Waals surface area (Å²) in [6.45, 7) is 4.26. The van der Waals surface area contributed by atoms with E-state index >= 15 is 0 Å². The fraction of sp³-hybridized carbons (Fsp3) is 0.440. The molecule has 3 aromatic rings. The summed E-state index contributed by atoms with van der Waals surface area (Å²) in [6, 6.07) is 15.2. The van der Waals surface area contributed by atoms with Crippen molar-refractivity contribution in [3.05, 3.63) is 69.6 Å². The highest BCUT2D eigenvalue weighted by Crippen LogP contribution is 2.40. The van der Waals surface area contributed by atoms with Crippen LogP contribution in [0.4, 0.5) is 0 Å². The molecule has 1 aromatic heterocycles. The van der Waals surface area contributed by atoms with Crippen LogP contribution in [-0.4, -0.2) is 40.1 Å². The van der Waals surface area contributed by atoms with Crippen molar-refractivity contribution in [2.24, 2.45) is 0 Å². The molecule has 2 aliphatic rings. The van der Waals surface area contributed by atoms with Gasteiger partial charge >= 0.3 is 5.69 Å². The molecule has 1 N–H and O–H groups in total. The second-order valence-electron chi connectivity index (χ2n) is 8.87. The molecule has 1 saturated heterocycles. The number of hydrogen-bond donors (Lipinski definition) is 1. The van der Waals surface area contributed by atoms with Crippen molar-refractivity contribution < 1.29 is 4.79 Å². The molecule has 2 aromatic carbocycles. The minimum Gasteiger partial charge on any atom is -0.358 e. The number of para-hydroxylation sites is 2. The normalized spacial score (nSPS) is 19.6. The van der Waals surface area contributed by atoms with Gasteiger partial charge in [-0.05, 0) is 61.4 Å². The van der Waals surface area contributed by atoms with Crippen LogP contribution in [0.1, 0.15) is 48.0 Å². The third kappa shape index (κ3) is 3.39. The molecule has 31 heavy (non-hydrogen) atoms. The molecule has 1 atom stereocenters. The minimum atomic E-state index is -0.157. The van der Waals surface area contributed by atoms with E-state index in [0.717, 1.165) is 43.4 Å². The van der Waals surface area contributed by atoms with E-state index in [9.17, 15) is 9.59 Å². The van der Waals surface area contributed by atoms with Gasteiger partial charge in [0.1, 0.15) is 6.54 Å². The predicted octanol–water partition coefficient (Wildman–Crippen LogP) is 3.18. The van der Waals surface area contributed by atoms with Crippen molar-refractivity contribution in [1.82, 2.24) is 19.4 Å². The molecule has 162 valence electrons. The van der Waals surface area contributed by atoms with Crippen molar-refractivity contribution in [2.75, 3.05) is 20.1 Å². The van der Waals surface area contributed by atoms with E-state index in [1.807, 2.05) is 28.8 Å². The maximum Gasteiger partial charge on any atom is 0.329 e. The molecule has 0 saturated carbocycles. The number of aromatic nitrogens is 2. The lowest BCUT2D eigenvalue weighted by molar-refractivity contribution is -0.121. The van der Waals surface area contributed by atoms with Crippen molar-refractivity contribution in [1.29, 1.82) is 0 Å². The fourth-order valence-corrected chi connectivity index (χ4v) is 5.65. The van der Waals surface area contributed by atoms with Crippen molar-refractivity contribution in [3.8, 4) is 0 Å². The third-order valence-electron chi connectivity index (χ3n) is 7.19. The van der Waals surface area contributed by atoms with E-state index in [1.54, 1.807) is 11.6 Å². The number of carbonyl (C=O) groups is 1. The lowest BCUT2D eigenvalue weighted by atomic mass is 9.97. The zero-order valence-corrected chi connectivity index (χ0v) is 18.3. The molecule has 6 nitrogen and oxygen atoms in total. The summed E-state index contributed by atoms with van der Waals surface area (Å²) in [5, 5.41) is 2.63. The van der Waals surface area contributed by atoms with Gasteiger partial charge in [0, 0.05) is 32.2 Å². The molecule has 0 bridgehead atoms. The van der Waals surface area contributed by atoms with Gasteiger partial charge in [0.15, 0.2) is 0 Å². The summed E-state index contributed by atoms with van der Waals surface area (Å²) in [4.78, 5) is 27.9. The van der Waals surface area contributed by atoms with Gasteiger partial charge < -0.3 is 5.32 Å². The maximum atomic E-state index is 13.3. The molecule has 1 aliphatic carbocycles. The van der Waals surface area contributed by atoms with Gasteiger partial charge in [0.25, 0.3) is 0 Å². The minimum absolute atomic E-state index is 0.0554. The largest absolute Gasteiger partial charge is 0.358 e. The van der Waals surface area contributed by atoms with E-state index in [1.165, 1.54) is 23.1 Å². The Morgan fingerprint density at radius 1 is 1.03 bits per heavy atom. The number of nitrogens with zero attached hydrogens (tertiary/aromatic N) is 3. The van der Waals surface area contributed by atoms with Crippen LogP contribution in [0, 0.1) is 6.92 Å². The van der Waals surface area contributed by atoms with Gasteiger partial charge in [-0.15, -0.1) is 0 Å². The Morgan fingerprint density at radius 3 is 2.52 bits per heavy atom. The number of fused-ring (bicyclic) bond motifs is 2. The quantitative estimate of drug-likeness (QED) is 0.708. The molecular weight excluding hydrogens is 388 g/mol. The highest BCUT2D eigenvalue weighted by Gasteiger charge is 2.33. The molecule has 0 spiro atoms. The first-order valence-corrected chi connectivity index (χ1v) is 11.3. The average Bonchev–Trinajstić information content (AvgIpc) is 3.34. The molecule has 1 amide bonds. The highest BCUT2D eigenvalue weighted by atomic mass is 16.2. The van der Waals surface area contributed by atoms with E-state index in [4.69, 9.17) is 0 Å². The van der Waals surface area contributed by atoms with Crippen LogP contribution in [0.15, 0.2) is 47.3 Å². The number of amides is 1. The van der Waals surface area contributed by atoms with E-state index < -0.39 is 0 Å². The fourth-order valence-electron chi connectivity index (χ4n) is 5.65. The number of imidazole rings is 1. The number of benzene rings is 2. The highest BCUT2D eigenvalue weighted by molar-refractivity contribution is 5.80. The first-order valence-electron chi connectivity index (χ1n) is 11.3. The van der Waals surface area contributed by atoms with Crippen LogP contribution in [0.5, 0.6) is 0 Å². The second-order valence-corrected chi connectivity index (χ2v) is 8.87. The number of piperidine rings is 1. The van der Waals surface area contributed by atoms with Crippen LogP contribution >= 0.6 is 0 Å². The van der Waals surface area contributed by atoms with E-state index in [-0.39, 0.29) is 24.2 Å². The summed E-state index contributed by atoms with van der Waals surface area (Å²) in [5.41, 5.74) is 6.11. The Kier molecular flexibility index (Phi) is 5.18. The van der Waals surface area contributed by atoms with Gasteiger partial charge in [-0.1, -0.05) is 30.3 Å². The topological polar surface area (TPSA) is 59.3 Å². The van der Waals surface area contributed by atoms with Gasteiger partial charge in [-0.2, -0.15) is 0 Å². The smallest absolute Gasteiger partial charge is 0.329 e. The van der Waals surface area contributed by atoms with Gasteiger partial charge in [-0.25, -0.2) is 4.79 Å². The van der Waals surface area contributed by atoms with Crippen molar-refractivity contribution >= 4 is 16.9 Å². The third-order valence-corrected chi connectivity index (χ3v) is 7.19. The molecule has 2 heterocycles. The van der Waals surface area contributed by atoms with Crippen LogP contribution in [0.2, 0.25) is 0 Å². The van der Waals surface area contributed by atoms with Gasteiger partial charge in [0.2, 0.25) is 5.91 Å². The standard InChI is InChI=1S/C25H30N4O2/c1-17-6-5-7-18-10-11-22(24(17)18)27-14-12-19(13-15-27)29-21-9-4-3-8-20(21)28(25(29)31)16-23(30)26-2/h3-9,19,22H,10-16H2,1-2H3,(H,26,30). The Labute approximate surface area is 182 Å². The number of rotatable bonds is 4. The number of carbonyl (C=O) groups excluding carboxylic acids is 1. The molecule has 1 fully saturated rings. The number of hydrogen-bond acceptors (Lipinski definition) is 3. The van der Waals surface area contributed by atoms with Gasteiger partial charge in [0.05, 0.1) is 11.0 Å². The number of likely N-dealkylation sites (tertiary alicyclic amines) is 1. The second kappa shape index (κ2) is 8.00. The molecule has 5 rings (SSSR count). The summed E-state index contributed by atoms with van der Waals surface area (Å²) in [7, 11) is 1.60. The SMILES string of the molecule is CNC(=O)Cn1c(=O)n(C2CCN(C3CCc4cccc(C)c43)CC2)c2ccccc21. The van der Waals surface area contributed by atoms with E-state index in [2.05, 4.69) is 35.3 Å². The Hall–Kier alpha value is -2.86. The molecule has 1 aliphatic heterocycles. The Balaban J connectivity index is 1.40. The first kappa shape index (κ1) is 20.1. The Morgan fingerprint density at radius 2 is 1.77 bits per heavy atom. The Bertz CT molecular complexity index is 1180. The van der Waals surface area contributed by atoms with Crippen LogP contribution in [-0.2, 0) is 17.8 Å². The van der Waals surface area contributed by atoms with Crippen molar-refractivity contribution in [2.45, 2.75) is 51.2 Å². The van der Waals surface area contributed by atoms with Gasteiger partial charge in [-0.3, -0.25) is 18.8 Å². The summed E-state index contributed by atoms with van der Waals surface area (Å²) < 4.78 is 3.54. The summed E-state index contributed by atoms with van der Waals surface area (Å²) in [6.07, 6.45) is 4.25. The monoisotopic (exact) mass is 418 g/mol. The summed E-state index contributed by atoms with van der Waals surface area (Å²) >= 11 is 0. The van der Waals surface area contributed by atoms with E-state index in [0.29, 0.717) is 6.04 Å².